The average Bonchev–Trinajstić information content (AvgIpc) is 2.81. The van der Waals surface area contributed by atoms with Crippen molar-refractivity contribution in [1.82, 2.24) is 10.4 Å². The first-order chi connectivity index (χ1) is 10.6. The maximum atomic E-state index is 12.7. The van der Waals surface area contributed by atoms with Crippen molar-refractivity contribution in [3.8, 4) is 0 Å². The van der Waals surface area contributed by atoms with Gasteiger partial charge in [-0.05, 0) is 17.7 Å². The second kappa shape index (κ2) is 5.40. The molecule has 5 nitrogen and oxygen atoms in total. The molecule has 2 aromatic carbocycles. The predicted octanol–water partition coefficient (Wildman–Crippen LogP) is 2.02. The third-order valence-corrected chi connectivity index (χ3v) is 3.54. The summed E-state index contributed by atoms with van der Waals surface area (Å²) in [6.45, 7) is 0. The quantitative estimate of drug-likeness (QED) is 0.696. The van der Waals surface area contributed by atoms with Crippen LogP contribution in [0.15, 0.2) is 54.6 Å². The second-order valence-electron chi connectivity index (χ2n) is 4.80. The number of rotatable bonds is 3. The summed E-state index contributed by atoms with van der Waals surface area (Å²) in [4.78, 5) is 37.6. The van der Waals surface area contributed by atoms with Crippen LogP contribution in [-0.2, 0) is 4.79 Å². The van der Waals surface area contributed by atoms with Gasteiger partial charge in [-0.3, -0.25) is 19.3 Å². The van der Waals surface area contributed by atoms with Gasteiger partial charge in [0.2, 0.25) is 0 Å². The van der Waals surface area contributed by atoms with Crippen molar-refractivity contribution in [2.75, 3.05) is 0 Å². The Morgan fingerprint density at radius 3 is 1.91 bits per heavy atom. The van der Waals surface area contributed by atoms with E-state index in [1.54, 1.807) is 42.5 Å². The van der Waals surface area contributed by atoms with Gasteiger partial charge in [-0.1, -0.05) is 42.5 Å². The molecule has 0 radical (unpaired) electrons. The van der Waals surface area contributed by atoms with E-state index in [0.717, 1.165) is 10.4 Å². The van der Waals surface area contributed by atoms with Crippen molar-refractivity contribution in [3.05, 3.63) is 71.3 Å². The number of fused-ring (bicyclic) bond motifs is 1. The van der Waals surface area contributed by atoms with Crippen LogP contribution < -0.4 is 5.54 Å². The summed E-state index contributed by atoms with van der Waals surface area (Å²) in [5.41, 5.74) is 1.79. The van der Waals surface area contributed by atoms with Crippen molar-refractivity contribution < 1.29 is 18.9 Å². The Balaban J connectivity index is 2.09. The lowest BCUT2D eigenvalue weighted by Gasteiger charge is -2.24. The Bertz CT molecular complexity index is 726. The van der Waals surface area contributed by atoms with Crippen molar-refractivity contribution >= 4 is 17.7 Å². The van der Waals surface area contributed by atoms with Crippen molar-refractivity contribution in [3.63, 3.8) is 0 Å². The van der Waals surface area contributed by atoms with Gasteiger partial charge in [-0.25, -0.2) is 0 Å². The SMILES string of the molecule is O=C(NF)C(c1ccccc1)N1C(=O)c2ccccc2C1=O. The standard InChI is InChI=1S/C16H11FN2O3/c17-18-14(20)13(10-6-2-1-3-7-10)19-15(21)11-8-4-5-9-12(11)16(19)22/h1-9,13H,(H,18,20). The van der Waals surface area contributed by atoms with Crippen molar-refractivity contribution in [2.24, 2.45) is 0 Å². The molecule has 0 aliphatic carbocycles. The van der Waals surface area contributed by atoms with E-state index in [4.69, 9.17) is 0 Å². The Hall–Kier alpha value is -3.02. The van der Waals surface area contributed by atoms with Gasteiger partial charge in [0.15, 0.2) is 0 Å². The number of benzene rings is 2. The highest BCUT2D eigenvalue weighted by Crippen LogP contribution is 2.31. The van der Waals surface area contributed by atoms with Crippen molar-refractivity contribution in [2.45, 2.75) is 6.04 Å². The van der Waals surface area contributed by atoms with Gasteiger partial charge in [0.1, 0.15) is 6.04 Å². The summed E-state index contributed by atoms with van der Waals surface area (Å²) < 4.78 is 12.7. The first-order valence-corrected chi connectivity index (χ1v) is 6.57. The van der Waals surface area contributed by atoms with Crippen LogP contribution in [0.25, 0.3) is 0 Å². The molecule has 0 spiro atoms. The fourth-order valence-corrected chi connectivity index (χ4v) is 2.55. The molecule has 1 atom stereocenters. The fraction of sp³-hybridized carbons (Fsp3) is 0.0625. The smallest absolute Gasteiger partial charge is 0.270 e. The van der Waals surface area contributed by atoms with E-state index in [2.05, 4.69) is 0 Å². The first kappa shape index (κ1) is 13.9. The predicted molar refractivity (Wildman–Crippen MR) is 75.4 cm³/mol. The number of carbonyl (C=O) groups excluding carboxylic acids is 3. The topological polar surface area (TPSA) is 66.5 Å². The maximum Gasteiger partial charge on any atom is 0.275 e. The molecule has 22 heavy (non-hydrogen) atoms. The molecular weight excluding hydrogens is 287 g/mol. The molecule has 0 fully saturated rings. The highest BCUT2D eigenvalue weighted by Gasteiger charge is 2.43. The summed E-state index contributed by atoms with van der Waals surface area (Å²) >= 11 is 0. The Kier molecular flexibility index (Phi) is 3.42. The zero-order valence-electron chi connectivity index (χ0n) is 11.3. The zero-order chi connectivity index (χ0) is 15.7. The lowest BCUT2D eigenvalue weighted by atomic mass is 10.0. The van der Waals surface area contributed by atoms with Crippen molar-refractivity contribution in [1.29, 1.82) is 0 Å². The van der Waals surface area contributed by atoms with Gasteiger partial charge < -0.3 is 0 Å². The molecule has 110 valence electrons. The van der Waals surface area contributed by atoms with E-state index in [9.17, 15) is 18.9 Å². The molecule has 0 saturated carbocycles. The number of amides is 3. The van der Waals surface area contributed by atoms with E-state index in [1.165, 1.54) is 12.1 Å². The van der Waals surface area contributed by atoms with Crippen LogP contribution in [0.5, 0.6) is 0 Å². The van der Waals surface area contributed by atoms with Crippen LogP contribution in [0.4, 0.5) is 4.48 Å². The second-order valence-corrected chi connectivity index (χ2v) is 4.80. The van der Waals surface area contributed by atoms with Gasteiger partial charge in [-0.2, -0.15) is 5.54 Å². The van der Waals surface area contributed by atoms with Crippen LogP contribution in [0, 0.1) is 0 Å². The monoisotopic (exact) mass is 298 g/mol. The molecule has 1 N–H and O–H groups in total. The van der Waals surface area contributed by atoms with E-state index < -0.39 is 23.8 Å². The molecule has 1 unspecified atom stereocenters. The van der Waals surface area contributed by atoms with E-state index in [1.807, 2.05) is 0 Å². The normalized spacial score (nSPS) is 14.7. The van der Waals surface area contributed by atoms with Gasteiger partial charge in [0, 0.05) is 0 Å². The minimum Gasteiger partial charge on any atom is -0.270 e. The number of carbonyl (C=O) groups is 3. The summed E-state index contributed by atoms with van der Waals surface area (Å²) in [5, 5.41) is 0. The lowest BCUT2D eigenvalue weighted by molar-refractivity contribution is -0.129. The highest BCUT2D eigenvalue weighted by atomic mass is 19.2. The first-order valence-electron chi connectivity index (χ1n) is 6.57. The van der Waals surface area contributed by atoms with Gasteiger partial charge in [-0.15, -0.1) is 4.48 Å². The molecule has 1 heterocycles. The lowest BCUT2D eigenvalue weighted by Crippen LogP contribution is -2.41. The summed E-state index contributed by atoms with van der Waals surface area (Å²) in [5.74, 6) is -2.29. The van der Waals surface area contributed by atoms with Gasteiger partial charge in [0.05, 0.1) is 11.1 Å². The molecule has 3 amide bonds. The fourth-order valence-electron chi connectivity index (χ4n) is 2.55. The highest BCUT2D eigenvalue weighted by molar-refractivity contribution is 6.22. The third-order valence-electron chi connectivity index (χ3n) is 3.54. The summed E-state index contributed by atoms with van der Waals surface area (Å²) in [6, 6.07) is 13.0. The van der Waals surface area contributed by atoms with Crippen LogP contribution >= 0.6 is 0 Å². The molecule has 1 aliphatic heterocycles. The number of hydrogen-bond donors (Lipinski definition) is 1. The number of nitrogens with zero attached hydrogens (tertiary/aromatic N) is 1. The number of hydrogen-bond acceptors (Lipinski definition) is 3. The molecule has 1 aliphatic rings. The molecule has 0 saturated heterocycles. The molecule has 6 heteroatoms. The largest absolute Gasteiger partial charge is 0.275 e. The van der Waals surface area contributed by atoms with Crippen LogP contribution in [-0.4, -0.2) is 22.6 Å². The summed E-state index contributed by atoms with van der Waals surface area (Å²) in [7, 11) is 0. The van der Waals surface area contributed by atoms with Crippen LogP contribution in [0.3, 0.4) is 0 Å². The van der Waals surface area contributed by atoms with E-state index >= 15 is 0 Å². The maximum absolute atomic E-state index is 12.7. The number of halogens is 1. The number of imide groups is 1. The molecule has 2 aromatic rings. The Labute approximate surface area is 125 Å². The Morgan fingerprint density at radius 2 is 1.41 bits per heavy atom. The van der Waals surface area contributed by atoms with Crippen LogP contribution in [0.1, 0.15) is 32.3 Å². The zero-order valence-corrected chi connectivity index (χ0v) is 11.3. The summed E-state index contributed by atoms with van der Waals surface area (Å²) in [6.07, 6.45) is 0. The molecule has 0 bridgehead atoms. The molecule has 0 aromatic heterocycles. The molecular formula is C16H11FN2O3. The third kappa shape index (κ3) is 2.05. The number of nitrogens with one attached hydrogen (secondary N) is 1. The minimum absolute atomic E-state index is 0.208. The minimum atomic E-state index is -1.35. The van der Waals surface area contributed by atoms with E-state index in [-0.39, 0.29) is 11.1 Å². The average molecular weight is 298 g/mol. The van der Waals surface area contributed by atoms with Gasteiger partial charge in [0.25, 0.3) is 17.7 Å². The van der Waals surface area contributed by atoms with Crippen LogP contribution in [0.2, 0.25) is 0 Å². The Morgan fingerprint density at radius 1 is 0.909 bits per heavy atom. The molecule has 3 rings (SSSR count). The van der Waals surface area contributed by atoms with Gasteiger partial charge >= 0.3 is 0 Å². The van der Waals surface area contributed by atoms with E-state index in [0.29, 0.717) is 5.56 Å².